The van der Waals surface area contributed by atoms with Crippen LogP contribution in [0.4, 0.5) is 16.2 Å². The van der Waals surface area contributed by atoms with Gasteiger partial charge in [0.2, 0.25) is 0 Å². The highest BCUT2D eigenvalue weighted by atomic mass is 16.5. The van der Waals surface area contributed by atoms with Crippen LogP contribution in [0.5, 0.6) is 11.5 Å². The summed E-state index contributed by atoms with van der Waals surface area (Å²) in [6.07, 6.45) is 0. The van der Waals surface area contributed by atoms with E-state index in [1.807, 2.05) is 0 Å². The highest BCUT2D eigenvalue weighted by Gasteiger charge is 2.10. The maximum atomic E-state index is 12.2. The number of methoxy groups -OCH3 is 2. The quantitative estimate of drug-likeness (QED) is 0.707. The van der Waals surface area contributed by atoms with E-state index in [0.717, 1.165) is 0 Å². The van der Waals surface area contributed by atoms with Gasteiger partial charge in [0, 0.05) is 17.3 Å². The van der Waals surface area contributed by atoms with Crippen LogP contribution >= 0.6 is 0 Å². The molecule has 2 amide bonds. The molecular weight excluding hydrogens is 310 g/mol. The Morgan fingerprint density at radius 1 is 1.04 bits per heavy atom. The lowest BCUT2D eigenvalue weighted by molar-refractivity contribution is 0.100. The number of carbonyl (C=O) groups excluding carboxylic acids is 2. The molecule has 0 bridgehead atoms. The van der Waals surface area contributed by atoms with Crippen molar-refractivity contribution in [3.8, 4) is 11.5 Å². The van der Waals surface area contributed by atoms with Crippen LogP contribution in [0, 0.1) is 0 Å². The van der Waals surface area contributed by atoms with Gasteiger partial charge in [-0.05, 0) is 24.3 Å². The van der Waals surface area contributed by atoms with Crippen molar-refractivity contribution in [2.45, 2.75) is 0 Å². The lowest BCUT2D eigenvalue weighted by Crippen LogP contribution is -2.20. The van der Waals surface area contributed by atoms with Gasteiger partial charge in [-0.25, -0.2) is 4.79 Å². The van der Waals surface area contributed by atoms with Crippen LogP contribution in [-0.2, 0) is 0 Å². The van der Waals surface area contributed by atoms with Crippen molar-refractivity contribution in [1.82, 2.24) is 0 Å². The molecule has 0 atom stereocenters. The number of nitrogens with two attached hydrogens (primary N) is 1. The first kappa shape index (κ1) is 17.3. The standard InChI is InChI=1S/C17H19N3O4/c1-23-13-6-7-16(24-2)14(9-13)20-17(22)19-12-5-3-4-11(8-12)15(21)10-18/h3-9H,10,18H2,1-2H3,(H2,19,20,22). The van der Waals surface area contributed by atoms with Gasteiger partial charge in [0.05, 0.1) is 26.5 Å². The first-order valence-corrected chi connectivity index (χ1v) is 7.20. The lowest BCUT2D eigenvalue weighted by atomic mass is 10.1. The second-order valence-corrected chi connectivity index (χ2v) is 4.85. The molecule has 0 aromatic heterocycles. The SMILES string of the molecule is COc1ccc(OC)c(NC(=O)Nc2cccc(C(=O)CN)c2)c1. The molecule has 24 heavy (non-hydrogen) atoms. The lowest BCUT2D eigenvalue weighted by Gasteiger charge is -2.13. The Morgan fingerprint density at radius 2 is 1.83 bits per heavy atom. The van der Waals surface area contributed by atoms with E-state index in [1.165, 1.54) is 14.2 Å². The molecule has 126 valence electrons. The zero-order valence-corrected chi connectivity index (χ0v) is 13.5. The monoisotopic (exact) mass is 329 g/mol. The van der Waals surface area contributed by atoms with E-state index in [1.54, 1.807) is 42.5 Å². The van der Waals surface area contributed by atoms with Gasteiger partial charge in [0.1, 0.15) is 11.5 Å². The number of carbonyl (C=O) groups is 2. The zero-order chi connectivity index (χ0) is 17.5. The van der Waals surface area contributed by atoms with Crippen molar-refractivity contribution in [2.75, 3.05) is 31.4 Å². The summed E-state index contributed by atoms with van der Waals surface area (Å²) < 4.78 is 10.3. The average Bonchev–Trinajstić information content (AvgIpc) is 2.61. The number of hydrogen-bond donors (Lipinski definition) is 3. The molecular formula is C17H19N3O4. The second kappa shape index (κ2) is 7.98. The number of amides is 2. The van der Waals surface area contributed by atoms with Gasteiger partial charge in [0.15, 0.2) is 5.78 Å². The average molecular weight is 329 g/mol. The molecule has 0 spiro atoms. The highest BCUT2D eigenvalue weighted by Crippen LogP contribution is 2.29. The normalized spacial score (nSPS) is 9.96. The summed E-state index contributed by atoms with van der Waals surface area (Å²) in [4.78, 5) is 23.8. The van der Waals surface area contributed by atoms with Crippen LogP contribution < -0.4 is 25.8 Å². The van der Waals surface area contributed by atoms with Crippen LogP contribution in [0.25, 0.3) is 0 Å². The number of ether oxygens (including phenoxy) is 2. The number of benzene rings is 2. The zero-order valence-electron chi connectivity index (χ0n) is 13.5. The second-order valence-electron chi connectivity index (χ2n) is 4.85. The molecule has 2 rings (SSSR count). The molecule has 0 radical (unpaired) electrons. The molecule has 2 aromatic carbocycles. The van der Waals surface area contributed by atoms with Crippen molar-refractivity contribution >= 4 is 23.2 Å². The molecule has 0 saturated heterocycles. The van der Waals surface area contributed by atoms with Crippen molar-refractivity contribution in [1.29, 1.82) is 0 Å². The van der Waals surface area contributed by atoms with Crippen LogP contribution in [0.2, 0.25) is 0 Å². The molecule has 4 N–H and O–H groups in total. The number of ketones is 1. The van der Waals surface area contributed by atoms with E-state index in [0.29, 0.717) is 28.4 Å². The Bertz CT molecular complexity index is 746. The minimum Gasteiger partial charge on any atom is -0.497 e. The van der Waals surface area contributed by atoms with Gasteiger partial charge in [0.25, 0.3) is 0 Å². The van der Waals surface area contributed by atoms with E-state index in [2.05, 4.69) is 10.6 Å². The smallest absolute Gasteiger partial charge is 0.323 e. The molecule has 2 aromatic rings. The Labute approximate surface area is 139 Å². The minimum absolute atomic E-state index is 0.0866. The van der Waals surface area contributed by atoms with Crippen molar-refractivity contribution < 1.29 is 19.1 Å². The van der Waals surface area contributed by atoms with E-state index in [4.69, 9.17) is 15.2 Å². The number of rotatable bonds is 6. The van der Waals surface area contributed by atoms with Gasteiger partial charge < -0.3 is 25.8 Å². The predicted molar refractivity (Wildman–Crippen MR) is 92.0 cm³/mol. The Balaban J connectivity index is 2.12. The fourth-order valence-electron chi connectivity index (χ4n) is 2.08. The van der Waals surface area contributed by atoms with E-state index >= 15 is 0 Å². The number of urea groups is 1. The minimum atomic E-state index is -0.473. The molecule has 0 aliphatic rings. The highest BCUT2D eigenvalue weighted by molar-refractivity contribution is 6.02. The molecule has 0 fully saturated rings. The third kappa shape index (κ3) is 4.23. The largest absolute Gasteiger partial charge is 0.497 e. The van der Waals surface area contributed by atoms with Crippen LogP contribution in [0.15, 0.2) is 42.5 Å². The summed E-state index contributed by atoms with van der Waals surface area (Å²) in [5, 5.41) is 5.34. The molecule has 0 heterocycles. The number of nitrogens with one attached hydrogen (secondary N) is 2. The van der Waals surface area contributed by atoms with Crippen molar-refractivity contribution in [3.63, 3.8) is 0 Å². The fraction of sp³-hybridized carbons (Fsp3) is 0.176. The van der Waals surface area contributed by atoms with Crippen molar-refractivity contribution in [2.24, 2.45) is 5.73 Å². The molecule has 0 saturated carbocycles. The van der Waals surface area contributed by atoms with Crippen molar-refractivity contribution in [3.05, 3.63) is 48.0 Å². The Kier molecular flexibility index (Phi) is 5.75. The molecule has 7 heteroatoms. The topological polar surface area (TPSA) is 103 Å². The van der Waals surface area contributed by atoms with Gasteiger partial charge in [-0.15, -0.1) is 0 Å². The number of anilines is 2. The molecule has 0 unspecified atom stereocenters. The van der Waals surface area contributed by atoms with Gasteiger partial charge in [-0.3, -0.25) is 4.79 Å². The summed E-state index contributed by atoms with van der Waals surface area (Å²) in [6, 6.07) is 11.1. The maximum absolute atomic E-state index is 12.2. The van der Waals surface area contributed by atoms with E-state index in [9.17, 15) is 9.59 Å². The Morgan fingerprint density at radius 3 is 2.50 bits per heavy atom. The third-order valence-corrected chi connectivity index (χ3v) is 3.28. The Hall–Kier alpha value is -3.06. The summed E-state index contributed by atoms with van der Waals surface area (Å²) in [5.41, 5.74) is 6.72. The number of hydrogen-bond acceptors (Lipinski definition) is 5. The van der Waals surface area contributed by atoms with E-state index in [-0.39, 0.29) is 12.3 Å². The molecule has 0 aliphatic carbocycles. The van der Waals surface area contributed by atoms with Crippen LogP contribution in [-0.4, -0.2) is 32.6 Å². The molecule has 7 nitrogen and oxygen atoms in total. The maximum Gasteiger partial charge on any atom is 0.323 e. The number of Topliss-reactive ketones (excluding diaryl/α,β-unsaturated/α-hetero) is 1. The fourth-order valence-corrected chi connectivity index (χ4v) is 2.08. The third-order valence-electron chi connectivity index (χ3n) is 3.28. The summed E-state index contributed by atoms with van der Waals surface area (Å²) in [6.45, 7) is -0.0866. The first-order valence-electron chi connectivity index (χ1n) is 7.20. The summed E-state index contributed by atoms with van der Waals surface area (Å²) in [7, 11) is 3.04. The predicted octanol–water partition coefficient (Wildman–Crippen LogP) is 2.49. The first-order chi connectivity index (χ1) is 11.6. The van der Waals surface area contributed by atoms with Gasteiger partial charge in [-0.1, -0.05) is 12.1 Å². The molecule has 0 aliphatic heterocycles. The summed E-state index contributed by atoms with van der Waals surface area (Å²) >= 11 is 0. The van der Waals surface area contributed by atoms with Gasteiger partial charge >= 0.3 is 6.03 Å². The van der Waals surface area contributed by atoms with E-state index < -0.39 is 6.03 Å². The van der Waals surface area contributed by atoms with Gasteiger partial charge in [-0.2, -0.15) is 0 Å². The van der Waals surface area contributed by atoms with Crippen LogP contribution in [0.1, 0.15) is 10.4 Å². The van der Waals surface area contributed by atoms with Crippen LogP contribution in [0.3, 0.4) is 0 Å². The summed E-state index contributed by atoms with van der Waals surface area (Å²) in [5.74, 6) is 0.883.